The fourth-order valence-electron chi connectivity index (χ4n) is 1.65. The van der Waals surface area contributed by atoms with E-state index in [1.807, 2.05) is 0 Å². The molecule has 0 fully saturated rings. The molecule has 0 radical (unpaired) electrons. The predicted molar refractivity (Wildman–Crippen MR) is 62.0 cm³/mol. The maximum atomic E-state index is 13.0. The first-order chi connectivity index (χ1) is 8.76. The van der Waals surface area contributed by atoms with Crippen LogP contribution in [0.25, 0.3) is 22.7 Å². The lowest BCUT2D eigenvalue weighted by molar-refractivity contribution is 0.598. The Morgan fingerprint density at radius 2 is 2.28 bits per heavy atom. The number of nitrogens with zero attached hydrogens (tertiary/aromatic N) is 4. The molecule has 1 aromatic carbocycles. The zero-order valence-corrected chi connectivity index (χ0v) is 9.38. The minimum absolute atomic E-state index is 0.318. The van der Waals surface area contributed by atoms with E-state index in [0.717, 1.165) is 0 Å². The summed E-state index contributed by atoms with van der Waals surface area (Å²) in [6.07, 6.45) is 1.69. The Kier molecular flexibility index (Phi) is 2.52. The van der Waals surface area contributed by atoms with Gasteiger partial charge in [-0.1, -0.05) is 5.21 Å². The Balaban J connectivity index is 2.02. The number of nitrogens with two attached hydrogens (primary N) is 1. The zero-order chi connectivity index (χ0) is 12.5. The van der Waals surface area contributed by atoms with Gasteiger partial charge in [0, 0.05) is 12.6 Å². The van der Waals surface area contributed by atoms with Crippen LogP contribution in [0.3, 0.4) is 0 Å². The molecular weight excluding hydrogens is 237 g/mol. The van der Waals surface area contributed by atoms with E-state index in [2.05, 4.69) is 15.3 Å². The summed E-state index contributed by atoms with van der Waals surface area (Å²) in [5.74, 6) is -0.0343. The molecule has 0 saturated carbocycles. The fourth-order valence-corrected chi connectivity index (χ4v) is 1.65. The van der Waals surface area contributed by atoms with Crippen LogP contribution >= 0.6 is 0 Å². The van der Waals surface area contributed by atoms with Crippen molar-refractivity contribution in [2.24, 2.45) is 5.73 Å². The van der Waals surface area contributed by atoms with Gasteiger partial charge in [0.2, 0.25) is 5.89 Å². The summed E-state index contributed by atoms with van der Waals surface area (Å²) in [5, 5.41) is 7.81. The molecule has 7 heteroatoms. The SMILES string of the molecule is NCCn1cc(-c2nc3cc(F)ccc3o2)nn1. The van der Waals surface area contributed by atoms with Crippen LogP contribution < -0.4 is 5.73 Å². The van der Waals surface area contributed by atoms with Gasteiger partial charge in [0.25, 0.3) is 0 Å². The molecule has 0 amide bonds. The van der Waals surface area contributed by atoms with Crippen LogP contribution in [0, 0.1) is 5.82 Å². The van der Waals surface area contributed by atoms with E-state index >= 15 is 0 Å². The van der Waals surface area contributed by atoms with Crippen molar-refractivity contribution in [2.75, 3.05) is 6.54 Å². The Morgan fingerprint density at radius 3 is 3.11 bits per heavy atom. The van der Waals surface area contributed by atoms with Gasteiger partial charge < -0.3 is 10.2 Å². The second-order valence-corrected chi connectivity index (χ2v) is 3.79. The average Bonchev–Trinajstić information content (AvgIpc) is 2.94. The highest BCUT2D eigenvalue weighted by molar-refractivity contribution is 5.75. The Hall–Kier alpha value is -2.28. The number of halogens is 1. The first-order valence-corrected chi connectivity index (χ1v) is 5.43. The molecule has 0 bridgehead atoms. The van der Waals surface area contributed by atoms with Gasteiger partial charge in [-0.3, -0.25) is 4.68 Å². The highest BCUT2D eigenvalue weighted by atomic mass is 19.1. The van der Waals surface area contributed by atoms with Gasteiger partial charge >= 0.3 is 0 Å². The average molecular weight is 247 g/mol. The third-order valence-corrected chi connectivity index (χ3v) is 2.47. The standard InChI is InChI=1S/C11H10FN5O/c12-7-1-2-10-8(5-7)14-11(18-10)9-6-17(4-3-13)16-15-9/h1-2,5-6H,3-4,13H2. The molecule has 2 aromatic heterocycles. The molecule has 6 nitrogen and oxygen atoms in total. The monoisotopic (exact) mass is 247 g/mol. The molecule has 0 aliphatic carbocycles. The lowest BCUT2D eigenvalue weighted by Crippen LogP contribution is -2.10. The van der Waals surface area contributed by atoms with Crippen molar-refractivity contribution in [1.29, 1.82) is 0 Å². The molecule has 92 valence electrons. The molecule has 3 aromatic rings. The maximum Gasteiger partial charge on any atom is 0.249 e. The summed E-state index contributed by atoms with van der Waals surface area (Å²) in [7, 11) is 0. The van der Waals surface area contributed by atoms with Crippen LogP contribution in [0.5, 0.6) is 0 Å². The van der Waals surface area contributed by atoms with Crippen LogP contribution in [0.15, 0.2) is 28.8 Å². The number of hydrogen-bond donors (Lipinski definition) is 1. The van der Waals surface area contributed by atoms with Crippen molar-refractivity contribution in [3.63, 3.8) is 0 Å². The predicted octanol–water partition coefficient (Wildman–Crippen LogP) is 1.18. The number of aromatic nitrogens is 4. The van der Waals surface area contributed by atoms with Gasteiger partial charge in [-0.25, -0.2) is 9.37 Å². The van der Waals surface area contributed by atoms with Crippen LogP contribution in [0.4, 0.5) is 4.39 Å². The number of hydrogen-bond acceptors (Lipinski definition) is 5. The van der Waals surface area contributed by atoms with Crippen molar-refractivity contribution < 1.29 is 8.81 Å². The van der Waals surface area contributed by atoms with E-state index in [4.69, 9.17) is 10.2 Å². The molecule has 0 aliphatic rings. The zero-order valence-electron chi connectivity index (χ0n) is 9.38. The molecular formula is C11H10FN5O. The van der Waals surface area contributed by atoms with Crippen molar-refractivity contribution in [2.45, 2.75) is 6.54 Å². The number of rotatable bonds is 3. The van der Waals surface area contributed by atoms with Gasteiger partial charge in [0.05, 0.1) is 12.7 Å². The fraction of sp³-hybridized carbons (Fsp3) is 0.182. The first kappa shape index (κ1) is 10.8. The van der Waals surface area contributed by atoms with Gasteiger partial charge in [-0.2, -0.15) is 0 Å². The van der Waals surface area contributed by atoms with Crippen LogP contribution in [-0.2, 0) is 6.54 Å². The lowest BCUT2D eigenvalue weighted by Gasteiger charge is -1.91. The van der Waals surface area contributed by atoms with Crippen molar-refractivity contribution >= 4 is 11.1 Å². The van der Waals surface area contributed by atoms with Crippen LogP contribution in [0.2, 0.25) is 0 Å². The largest absolute Gasteiger partial charge is 0.435 e. The van der Waals surface area contributed by atoms with Gasteiger partial charge in [-0.15, -0.1) is 5.10 Å². The molecule has 0 aliphatic heterocycles. The summed E-state index contributed by atoms with van der Waals surface area (Å²) in [6.45, 7) is 1.05. The summed E-state index contributed by atoms with van der Waals surface area (Å²) in [4.78, 5) is 4.16. The highest BCUT2D eigenvalue weighted by Crippen LogP contribution is 2.22. The van der Waals surface area contributed by atoms with E-state index in [9.17, 15) is 4.39 Å². The summed E-state index contributed by atoms with van der Waals surface area (Å²) < 4.78 is 20.1. The van der Waals surface area contributed by atoms with Crippen LogP contribution in [0.1, 0.15) is 0 Å². The second-order valence-electron chi connectivity index (χ2n) is 3.79. The van der Waals surface area contributed by atoms with Gasteiger partial charge in [0.1, 0.15) is 11.3 Å². The Bertz CT molecular complexity index is 690. The molecule has 0 spiro atoms. The number of oxazole rings is 1. The molecule has 2 heterocycles. The topological polar surface area (TPSA) is 82.8 Å². The molecule has 3 rings (SSSR count). The molecule has 18 heavy (non-hydrogen) atoms. The highest BCUT2D eigenvalue weighted by Gasteiger charge is 2.12. The van der Waals surface area contributed by atoms with Gasteiger partial charge in [0.15, 0.2) is 11.3 Å². The molecule has 2 N–H and O–H groups in total. The number of fused-ring (bicyclic) bond motifs is 1. The van der Waals surface area contributed by atoms with Crippen molar-refractivity contribution in [1.82, 2.24) is 20.0 Å². The van der Waals surface area contributed by atoms with E-state index in [0.29, 0.717) is 35.8 Å². The quantitative estimate of drug-likeness (QED) is 0.751. The molecule has 0 atom stereocenters. The Labute approximate surface area is 101 Å². The van der Waals surface area contributed by atoms with E-state index in [1.54, 1.807) is 10.9 Å². The van der Waals surface area contributed by atoms with E-state index in [1.165, 1.54) is 18.2 Å². The lowest BCUT2D eigenvalue weighted by atomic mass is 10.3. The minimum atomic E-state index is -0.353. The Morgan fingerprint density at radius 1 is 1.39 bits per heavy atom. The van der Waals surface area contributed by atoms with E-state index in [-0.39, 0.29) is 5.82 Å². The summed E-state index contributed by atoms with van der Waals surface area (Å²) in [6, 6.07) is 4.17. The third-order valence-electron chi connectivity index (χ3n) is 2.47. The number of benzene rings is 1. The second kappa shape index (κ2) is 4.19. The summed E-state index contributed by atoms with van der Waals surface area (Å²) >= 11 is 0. The van der Waals surface area contributed by atoms with Crippen molar-refractivity contribution in [3.05, 3.63) is 30.2 Å². The smallest absolute Gasteiger partial charge is 0.249 e. The molecule has 0 saturated heterocycles. The summed E-state index contributed by atoms with van der Waals surface area (Å²) in [5.41, 5.74) is 6.89. The molecule has 0 unspecified atom stereocenters. The van der Waals surface area contributed by atoms with Gasteiger partial charge in [-0.05, 0) is 12.1 Å². The third kappa shape index (κ3) is 1.84. The minimum Gasteiger partial charge on any atom is -0.435 e. The van der Waals surface area contributed by atoms with Crippen molar-refractivity contribution in [3.8, 4) is 11.6 Å². The van der Waals surface area contributed by atoms with E-state index < -0.39 is 0 Å². The maximum absolute atomic E-state index is 13.0. The first-order valence-electron chi connectivity index (χ1n) is 5.43. The normalized spacial score (nSPS) is 11.2. The van der Waals surface area contributed by atoms with Crippen LogP contribution in [-0.4, -0.2) is 26.5 Å².